The molecule has 152 valence electrons. The molecule has 2 aromatic rings. The molecule has 1 N–H and O–H groups in total. The van der Waals surface area contributed by atoms with Gasteiger partial charge in [0.1, 0.15) is 5.75 Å². The highest BCUT2D eigenvalue weighted by molar-refractivity contribution is 5.40. The summed E-state index contributed by atoms with van der Waals surface area (Å²) < 4.78 is 11.9. The van der Waals surface area contributed by atoms with E-state index in [1.807, 2.05) is 0 Å². The molecule has 3 atom stereocenters. The maximum absolute atomic E-state index is 6.13. The zero-order chi connectivity index (χ0) is 20.0. The summed E-state index contributed by atoms with van der Waals surface area (Å²) >= 11 is 0. The smallest absolute Gasteiger partial charge is 0.122 e. The van der Waals surface area contributed by atoms with Gasteiger partial charge in [-0.15, -0.1) is 0 Å². The molecule has 2 aromatic carbocycles. The maximum atomic E-state index is 6.13. The van der Waals surface area contributed by atoms with Crippen molar-refractivity contribution >= 4 is 0 Å². The van der Waals surface area contributed by atoms with Crippen molar-refractivity contribution < 1.29 is 9.47 Å². The van der Waals surface area contributed by atoms with E-state index in [-0.39, 0.29) is 5.41 Å². The van der Waals surface area contributed by atoms with E-state index >= 15 is 0 Å². The lowest BCUT2D eigenvalue weighted by Gasteiger charge is -2.43. The molecule has 1 aliphatic rings. The Morgan fingerprint density at radius 3 is 2.50 bits per heavy atom. The van der Waals surface area contributed by atoms with Gasteiger partial charge in [0.05, 0.1) is 13.2 Å². The molecule has 0 bridgehead atoms. The van der Waals surface area contributed by atoms with Gasteiger partial charge in [-0.05, 0) is 50.3 Å². The molecular weight excluding hydrogens is 346 g/mol. The third-order valence-corrected chi connectivity index (χ3v) is 6.28. The van der Waals surface area contributed by atoms with Gasteiger partial charge in [0.15, 0.2) is 0 Å². The van der Waals surface area contributed by atoms with Crippen LogP contribution in [0.5, 0.6) is 5.75 Å². The van der Waals surface area contributed by atoms with Crippen molar-refractivity contribution in [3.05, 3.63) is 65.7 Å². The Bertz CT molecular complexity index is 730. The summed E-state index contributed by atoms with van der Waals surface area (Å²) in [4.78, 5) is 0. The number of methoxy groups -OCH3 is 1. The molecule has 0 radical (unpaired) electrons. The van der Waals surface area contributed by atoms with Crippen molar-refractivity contribution in [2.75, 3.05) is 20.3 Å². The number of hydrogen-bond acceptors (Lipinski definition) is 3. The van der Waals surface area contributed by atoms with Crippen LogP contribution in [-0.2, 0) is 10.2 Å². The molecule has 3 heteroatoms. The number of hydrogen-bond donors (Lipinski definition) is 1. The molecule has 0 amide bonds. The summed E-state index contributed by atoms with van der Waals surface area (Å²) in [6.45, 7) is 8.55. The van der Waals surface area contributed by atoms with Crippen molar-refractivity contribution in [1.29, 1.82) is 0 Å². The van der Waals surface area contributed by atoms with Crippen LogP contribution in [0, 0.1) is 5.92 Å². The van der Waals surface area contributed by atoms with E-state index in [0.29, 0.717) is 18.1 Å². The van der Waals surface area contributed by atoms with Gasteiger partial charge in [-0.1, -0.05) is 62.4 Å². The molecule has 3 nitrogen and oxygen atoms in total. The summed E-state index contributed by atoms with van der Waals surface area (Å²) in [6.07, 6.45) is 3.46. The average Bonchev–Trinajstić information content (AvgIpc) is 2.74. The Balaban J connectivity index is 1.79. The van der Waals surface area contributed by atoms with Crippen LogP contribution in [0.1, 0.15) is 57.2 Å². The summed E-state index contributed by atoms with van der Waals surface area (Å²) in [5.74, 6) is 1.52. The van der Waals surface area contributed by atoms with Crippen LogP contribution >= 0.6 is 0 Å². The second kappa shape index (κ2) is 9.58. The topological polar surface area (TPSA) is 30.5 Å². The molecule has 3 rings (SSSR count). The van der Waals surface area contributed by atoms with Gasteiger partial charge in [0, 0.05) is 23.6 Å². The van der Waals surface area contributed by atoms with E-state index in [4.69, 9.17) is 9.47 Å². The summed E-state index contributed by atoms with van der Waals surface area (Å²) in [6, 6.07) is 19.6. The SMILES string of the molecule is COc1ccccc1C1(CCNC(C)c2ccccc2)CCOC(C(C)C)C1. The second-order valence-electron chi connectivity index (χ2n) is 8.42. The number of para-hydroxylation sites is 1. The largest absolute Gasteiger partial charge is 0.496 e. The molecular formula is C25H35NO2. The van der Waals surface area contributed by atoms with Gasteiger partial charge in [-0.25, -0.2) is 0 Å². The van der Waals surface area contributed by atoms with Crippen LogP contribution in [0.2, 0.25) is 0 Å². The van der Waals surface area contributed by atoms with Gasteiger partial charge in [0.2, 0.25) is 0 Å². The maximum Gasteiger partial charge on any atom is 0.122 e. The third kappa shape index (κ3) is 4.76. The number of nitrogens with one attached hydrogen (secondary N) is 1. The molecule has 0 aromatic heterocycles. The summed E-state index contributed by atoms with van der Waals surface area (Å²) in [7, 11) is 1.78. The molecule has 28 heavy (non-hydrogen) atoms. The van der Waals surface area contributed by atoms with Gasteiger partial charge >= 0.3 is 0 Å². The highest BCUT2D eigenvalue weighted by Crippen LogP contribution is 2.45. The molecule has 3 unspecified atom stereocenters. The van der Waals surface area contributed by atoms with E-state index in [1.54, 1.807) is 7.11 Å². The number of rotatable bonds is 8. The minimum absolute atomic E-state index is 0.0865. The average molecular weight is 382 g/mol. The Morgan fingerprint density at radius 2 is 1.79 bits per heavy atom. The first-order valence-electron chi connectivity index (χ1n) is 10.6. The molecule has 0 aliphatic carbocycles. The first kappa shape index (κ1) is 20.9. The number of benzene rings is 2. The second-order valence-corrected chi connectivity index (χ2v) is 8.42. The first-order chi connectivity index (χ1) is 13.6. The fourth-order valence-corrected chi connectivity index (χ4v) is 4.46. The molecule has 1 saturated heterocycles. The predicted octanol–water partition coefficient (Wildman–Crippen LogP) is 5.51. The van der Waals surface area contributed by atoms with Crippen molar-refractivity contribution in [1.82, 2.24) is 5.32 Å². The van der Waals surface area contributed by atoms with E-state index in [1.165, 1.54) is 11.1 Å². The molecule has 0 saturated carbocycles. The first-order valence-corrected chi connectivity index (χ1v) is 10.6. The van der Waals surface area contributed by atoms with Crippen LogP contribution in [0.15, 0.2) is 54.6 Å². The standard InChI is InChI=1S/C25H35NO2/c1-19(2)24-18-25(15-17-28-24,22-12-8-9-13-23(22)27-4)14-16-26-20(3)21-10-6-5-7-11-21/h5-13,19-20,24,26H,14-18H2,1-4H3. The zero-order valence-corrected chi connectivity index (χ0v) is 17.8. The Morgan fingerprint density at radius 1 is 1.07 bits per heavy atom. The predicted molar refractivity (Wildman–Crippen MR) is 116 cm³/mol. The lowest BCUT2D eigenvalue weighted by molar-refractivity contribution is -0.0474. The quantitative estimate of drug-likeness (QED) is 0.654. The fraction of sp³-hybridized carbons (Fsp3) is 0.520. The van der Waals surface area contributed by atoms with Crippen LogP contribution in [0.25, 0.3) is 0 Å². The van der Waals surface area contributed by atoms with E-state index < -0.39 is 0 Å². The highest BCUT2D eigenvalue weighted by atomic mass is 16.5. The van der Waals surface area contributed by atoms with Gasteiger partial charge in [-0.2, -0.15) is 0 Å². The highest BCUT2D eigenvalue weighted by Gasteiger charge is 2.40. The third-order valence-electron chi connectivity index (χ3n) is 6.28. The van der Waals surface area contributed by atoms with Gasteiger partial charge < -0.3 is 14.8 Å². The monoisotopic (exact) mass is 381 g/mol. The zero-order valence-electron chi connectivity index (χ0n) is 17.8. The van der Waals surface area contributed by atoms with Gasteiger partial charge in [-0.3, -0.25) is 0 Å². The Kier molecular flexibility index (Phi) is 7.14. The van der Waals surface area contributed by atoms with E-state index in [9.17, 15) is 0 Å². The van der Waals surface area contributed by atoms with Crippen molar-refractivity contribution in [2.45, 2.75) is 57.6 Å². The van der Waals surface area contributed by atoms with Crippen LogP contribution < -0.4 is 10.1 Å². The normalized spacial score (nSPS) is 23.5. The molecule has 1 aliphatic heterocycles. The van der Waals surface area contributed by atoms with Crippen molar-refractivity contribution in [3.8, 4) is 5.75 Å². The Hall–Kier alpha value is -1.84. The van der Waals surface area contributed by atoms with Gasteiger partial charge in [0.25, 0.3) is 0 Å². The fourth-order valence-electron chi connectivity index (χ4n) is 4.46. The lowest BCUT2D eigenvalue weighted by Crippen LogP contribution is -2.43. The van der Waals surface area contributed by atoms with Crippen LogP contribution in [0.3, 0.4) is 0 Å². The summed E-state index contributed by atoms with van der Waals surface area (Å²) in [5, 5.41) is 3.74. The van der Waals surface area contributed by atoms with Crippen molar-refractivity contribution in [3.63, 3.8) is 0 Å². The van der Waals surface area contributed by atoms with Crippen LogP contribution in [-0.4, -0.2) is 26.4 Å². The lowest BCUT2D eigenvalue weighted by atomic mass is 9.68. The van der Waals surface area contributed by atoms with E-state index in [0.717, 1.165) is 38.2 Å². The minimum atomic E-state index is 0.0865. The minimum Gasteiger partial charge on any atom is -0.496 e. The molecule has 1 heterocycles. The number of ether oxygens (including phenoxy) is 2. The Labute approximate surface area is 170 Å². The summed E-state index contributed by atoms with van der Waals surface area (Å²) in [5.41, 5.74) is 2.75. The van der Waals surface area contributed by atoms with Crippen molar-refractivity contribution in [2.24, 2.45) is 5.92 Å². The molecule has 0 spiro atoms. The van der Waals surface area contributed by atoms with E-state index in [2.05, 4.69) is 80.7 Å². The molecule has 1 fully saturated rings. The van der Waals surface area contributed by atoms with Crippen LogP contribution in [0.4, 0.5) is 0 Å².